The van der Waals surface area contributed by atoms with Crippen molar-refractivity contribution in [1.82, 2.24) is 9.21 Å². The van der Waals surface area contributed by atoms with E-state index >= 15 is 0 Å². The SMILES string of the molecule is COCCN(CC(=O)N(Cc1ccc2c(c1)OCO2)Cc1cccs1)S(=O)(=O)c1ccc(C(C)(C)C)cc1. The Bertz CT molecular complexity index is 1330. The van der Waals surface area contributed by atoms with Crippen LogP contribution in [0.25, 0.3) is 0 Å². The smallest absolute Gasteiger partial charge is 0.243 e. The van der Waals surface area contributed by atoms with Crippen LogP contribution in [0, 0.1) is 0 Å². The van der Waals surface area contributed by atoms with Gasteiger partial charge in [0.1, 0.15) is 0 Å². The van der Waals surface area contributed by atoms with Gasteiger partial charge in [0.05, 0.1) is 24.6 Å². The van der Waals surface area contributed by atoms with Gasteiger partial charge >= 0.3 is 0 Å². The van der Waals surface area contributed by atoms with E-state index in [0.717, 1.165) is 16.0 Å². The number of hydrogen-bond donors (Lipinski definition) is 0. The molecule has 2 heterocycles. The van der Waals surface area contributed by atoms with Gasteiger partial charge in [-0.25, -0.2) is 8.42 Å². The molecule has 0 bridgehead atoms. The zero-order chi connectivity index (χ0) is 27.3. The van der Waals surface area contributed by atoms with Crippen molar-refractivity contribution in [3.05, 3.63) is 76.0 Å². The number of carbonyl (C=O) groups is 1. The first-order valence-corrected chi connectivity index (χ1v) is 14.7. The molecule has 1 amide bonds. The van der Waals surface area contributed by atoms with Gasteiger partial charge in [0.15, 0.2) is 11.5 Å². The van der Waals surface area contributed by atoms with Crippen LogP contribution in [0.1, 0.15) is 36.8 Å². The zero-order valence-electron chi connectivity index (χ0n) is 22.2. The molecule has 3 aromatic rings. The Morgan fingerprint density at radius 3 is 2.42 bits per heavy atom. The molecule has 38 heavy (non-hydrogen) atoms. The van der Waals surface area contributed by atoms with Crippen LogP contribution in [-0.2, 0) is 38.1 Å². The quantitative estimate of drug-likeness (QED) is 0.341. The third-order valence-electron chi connectivity index (χ3n) is 6.30. The topological polar surface area (TPSA) is 85.4 Å². The van der Waals surface area contributed by atoms with Crippen molar-refractivity contribution in [3.8, 4) is 11.5 Å². The Morgan fingerprint density at radius 2 is 1.76 bits per heavy atom. The second-order valence-electron chi connectivity index (χ2n) is 10.1. The minimum absolute atomic E-state index is 0.0580. The second-order valence-corrected chi connectivity index (χ2v) is 13.1. The molecule has 0 saturated carbocycles. The van der Waals surface area contributed by atoms with Gasteiger partial charge in [0.2, 0.25) is 22.7 Å². The number of fused-ring (bicyclic) bond motifs is 1. The van der Waals surface area contributed by atoms with Crippen molar-refractivity contribution in [2.75, 3.05) is 33.6 Å². The van der Waals surface area contributed by atoms with Crippen molar-refractivity contribution in [2.45, 2.75) is 44.2 Å². The molecule has 0 aliphatic carbocycles. The molecule has 2 aromatic carbocycles. The second kappa shape index (κ2) is 11.9. The highest BCUT2D eigenvalue weighted by Gasteiger charge is 2.29. The van der Waals surface area contributed by atoms with Gasteiger partial charge in [0.25, 0.3) is 0 Å². The van der Waals surface area contributed by atoms with Crippen molar-refractivity contribution in [2.24, 2.45) is 0 Å². The van der Waals surface area contributed by atoms with E-state index in [9.17, 15) is 13.2 Å². The fourth-order valence-corrected chi connectivity index (χ4v) is 6.18. The number of hydrogen-bond acceptors (Lipinski definition) is 7. The summed E-state index contributed by atoms with van der Waals surface area (Å²) < 4.78 is 44.5. The van der Waals surface area contributed by atoms with E-state index in [2.05, 4.69) is 20.8 Å². The van der Waals surface area contributed by atoms with Crippen LogP contribution in [-0.4, -0.2) is 57.1 Å². The highest BCUT2D eigenvalue weighted by Crippen LogP contribution is 2.33. The molecule has 0 radical (unpaired) electrons. The highest BCUT2D eigenvalue weighted by molar-refractivity contribution is 7.89. The third kappa shape index (κ3) is 6.74. The number of benzene rings is 2. The first kappa shape index (κ1) is 28.1. The first-order chi connectivity index (χ1) is 18.1. The molecule has 0 fully saturated rings. The lowest BCUT2D eigenvalue weighted by Gasteiger charge is -2.27. The summed E-state index contributed by atoms with van der Waals surface area (Å²) in [4.78, 5) is 16.5. The summed E-state index contributed by atoms with van der Waals surface area (Å²) in [5.74, 6) is 0.996. The van der Waals surface area contributed by atoms with Gasteiger partial charge in [-0.2, -0.15) is 4.31 Å². The summed E-state index contributed by atoms with van der Waals surface area (Å²) in [6.07, 6.45) is 0. The monoisotopic (exact) mass is 558 g/mol. The molecular weight excluding hydrogens is 524 g/mol. The van der Waals surface area contributed by atoms with Crippen LogP contribution in [0.4, 0.5) is 0 Å². The number of ether oxygens (including phenoxy) is 3. The van der Waals surface area contributed by atoms with Crippen molar-refractivity contribution in [1.29, 1.82) is 0 Å². The predicted molar refractivity (Wildman–Crippen MR) is 147 cm³/mol. The van der Waals surface area contributed by atoms with Crippen molar-refractivity contribution < 1.29 is 27.4 Å². The minimum atomic E-state index is -3.94. The largest absolute Gasteiger partial charge is 0.454 e. The molecule has 4 rings (SSSR count). The van der Waals surface area contributed by atoms with Gasteiger partial charge < -0.3 is 19.1 Å². The highest BCUT2D eigenvalue weighted by atomic mass is 32.2. The number of methoxy groups -OCH3 is 1. The van der Waals surface area contributed by atoms with Crippen LogP contribution in [0.15, 0.2) is 64.9 Å². The summed E-state index contributed by atoms with van der Waals surface area (Å²) in [5, 5.41) is 1.95. The molecule has 0 atom stereocenters. The molecular formula is C28H34N2O6S2. The molecule has 1 aromatic heterocycles. The number of rotatable bonds is 11. The van der Waals surface area contributed by atoms with Crippen molar-refractivity contribution in [3.63, 3.8) is 0 Å². The number of amides is 1. The Hall–Kier alpha value is -2.92. The Kier molecular flexibility index (Phi) is 8.77. The minimum Gasteiger partial charge on any atom is -0.454 e. The van der Waals surface area contributed by atoms with E-state index in [-0.39, 0.29) is 42.7 Å². The summed E-state index contributed by atoms with van der Waals surface area (Å²) in [5.41, 5.74) is 1.79. The molecule has 0 saturated heterocycles. The fourth-order valence-electron chi connectivity index (χ4n) is 4.09. The van der Waals surface area contributed by atoms with E-state index in [4.69, 9.17) is 14.2 Å². The first-order valence-electron chi connectivity index (χ1n) is 12.4. The standard InChI is InChI=1S/C28H34N2O6S2/c1-28(2,3)22-8-10-24(11-9-22)38(32,33)30(13-14-34-4)19-27(31)29(18-23-6-5-15-37-23)17-21-7-12-25-26(16-21)36-20-35-25/h5-12,15-16H,13-14,17-20H2,1-4H3. The maximum absolute atomic E-state index is 13.7. The number of carbonyl (C=O) groups excluding carboxylic acids is 1. The van der Waals surface area contributed by atoms with Crippen LogP contribution < -0.4 is 9.47 Å². The molecule has 10 heteroatoms. The molecule has 0 N–H and O–H groups in total. The van der Waals surface area contributed by atoms with Gasteiger partial charge in [-0.1, -0.05) is 45.0 Å². The normalized spacial score (nSPS) is 13.2. The Balaban J connectivity index is 1.58. The molecule has 204 valence electrons. The zero-order valence-corrected chi connectivity index (χ0v) is 23.8. The summed E-state index contributed by atoms with van der Waals surface area (Å²) >= 11 is 1.55. The number of thiophene rings is 1. The Morgan fingerprint density at radius 1 is 1.03 bits per heavy atom. The van der Waals surface area contributed by atoms with Gasteiger partial charge in [-0.15, -0.1) is 11.3 Å². The van der Waals surface area contributed by atoms with Crippen LogP contribution >= 0.6 is 11.3 Å². The summed E-state index contributed by atoms with van der Waals surface area (Å²) in [7, 11) is -2.43. The summed E-state index contributed by atoms with van der Waals surface area (Å²) in [6.45, 7) is 6.97. The molecule has 8 nitrogen and oxygen atoms in total. The van der Waals surface area contributed by atoms with E-state index in [1.165, 1.54) is 11.4 Å². The third-order valence-corrected chi connectivity index (χ3v) is 9.03. The average molecular weight is 559 g/mol. The molecule has 1 aliphatic heterocycles. The van der Waals surface area contributed by atoms with Crippen LogP contribution in [0.3, 0.4) is 0 Å². The lowest BCUT2D eigenvalue weighted by molar-refractivity contribution is -0.132. The van der Waals surface area contributed by atoms with E-state index < -0.39 is 10.0 Å². The number of nitrogens with zero attached hydrogens (tertiary/aromatic N) is 2. The van der Waals surface area contributed by atoms with E-state index in [1.54, 1.807) is 28.4 Å². The number of sulfonamides is 1. The van der Waals surface area contributed by atoms with Gasteiger partial charge in [0, 0.05) is 25.1 Å². The van der Waals surface area contributed by atoms with Crippen LogP contribution in [0.5, 0.6) is 11.5 Å². The molecule has 0 spiro atoms. The van der Waals surface area contributed by atoms with E-state index in [0.29, 0.717) is 24.6 Å². The van der Waals surface area contributed by atoms with Gasteiger partial charge in [-0.05, 0) is 52.3 Å². The maximum atomic E-state index is 13.7. The maximum Gasteiger partial charge on any atom is 0.243 e. The Labute approximate surface area is 228 Å². The van der Waals surface area contributed by atoms with Crippen LogP contribution in [0.2, 0.25) is 0 Å². The fraction of sp³-hybridized carbons (Fsp3) is 0.393. The average Bonchev–Trinajstić information content (AvgIpc) is 3.57. The molecule has 0 unspecified atom stereocenters. The predicted octanol–water partition coefficient (Wildman–Crippen LogP) is 4.64. The lowest BCUT2D eigenvalue weighted by atomic mass is 9.87. The van der Waals surface area contributed by atoms with Crippen molar-refractivity contribution >= 4 is 27.3 Å². The van der Waals surface area contributed by atoms with E-state index in [1.807, 2.05) is 47.8 Å². The molecule has 1 aliphatic rings. The lowest BCUT2D eigenvalue weighted by Crippen LogP contribution is -2.43. The summed E-state index contributed by atoms with van der Waals surface area (Å²) in [6, 6.07) is 16.3. The van der Waals surface area contributed by atoms with Gasteiger partial charge in [-0.3, -0.25) is 4.79 Å².